The van der Waals surface area contributed by atoms with Crippen LogP contribution in [-0.2, 0) is 32.6 Å². The number of hydrogen-bond donors (Lipinski definition) is 0. The molecule has 4 atom stereocenters. The van der Waals surface area contributed by atoms with Crippen LogP contribution in [0.1, 0.15) is 162 Å². The third-order valence-corrected chi connectivity index (χ3v) is 10.6. The maximum atomic E-state index is 12.6. The molecule has 9 nitrogen and oxygen atoms in total. The maximum absolute atomic E-state index is 12.6. The summed E-state index contributed by atoms with van der Waals surface area (Å²) in [6, 6.07) is 0. The second kappa shape index (κ2) is 35.0. The van der Waals surface area contributed by atoms with E-state index in [1.54, 1.807) is 6.26 Å². The Hall–Kier alpha value is -2.00. The average molecular weight is 808 g/mol. The van der Waals surface area contributed by atoms with E-state index in [1.807, 2.05) is 27.2 Å². The molecular weight excluding hydrogens is 725 g/mol. The number of nitrogens with zero attached hydrogens (tertiary/aromatic N) is 1. The van der Waals surface area contributed by atoms with Gasteiger partial charge in [0.1, 0.15) is 19.8 Å². The Labute approximate surface area is 343 Å². The van der Waals surface area contributed by atoms with E-state index >= 15 is 0 Å². The summed E-state index contributed by atoms with van der Waals surface area (Å²) in [5.41, 5.74) is 0. The van der Waals surface area contributed by atoms with Gasteiger partial charge in [-0.1, -0.05) is 146 Å². The zero-order valence-electron chi connectivity index (χ0n) is 36.3. The first-order valence-electron chi connectivity index (χ1n) is 22.2. The molecule has 1 aliphatic rings. The van der Waals surface area contributed by atoms with Crippen LogP contribution in [0.25, 0.3) is 0 Å². The first-order chi connectivity index (χ1) is 27.1. The number of epoxide rings is 1. The maximum Gasteiger partial charge on any atom is 0.306 e. The van der Waals surface area contributed by atoms with Crippen molar-refractivity contribution in [3.05, 3.63) is 60.9 Å². The summed E-state index contributed by atoms with van der Waals surface area (Å²) < 4.78 is 39.8. The number of phosphoric ester groups is 1. The lowest BCUT2D eigenvalue weighted by Gasteiger charge is -2.28. The summed E-state index contributed by atoms with van der Waals surface area (Å²) in [7, 11) is 1.28. The van der Waals surface area contributed by atoms with E-state index in [9.17, 15) is 14.3 Å². The molecule has 56 heavy (non-hydrogen) atoms. The Morgan fingerprint density at radius 1 is 0.679 bits per heavy atom. The minimum absolute atomic E-state index is 0.00202. The number of phosphoric acid groups is 1. The largest absolute Gasteiger partial charge is 0.756 e. The molecule has 1 rings (SSSR count). The number of likely N-dealkylation sites (N-methyl/N-ethyl adjacent to an activating group) is 1. The second-order valence-electron chi connectivity index (χ2n) is 16.1. The molecule has 0 aromatic heterocycles. The van der Waals surface area contributed by atoms with Crippen LogP contribution in [0.4, 0.5) is 0 Å². The highest BCUT2D eigenvalue weighted by molar-refractivity contribution is 7.45. The zero-order chi connectivity index (χ0) is 41.0. The fourth-order valence-electron chi connectivity index (χ4n) is 6.03. The van der Waals surface area contributed by atoms with E-state index in [1.165, 1.54) is 83.5 Å². The van der Waals surface area contributed by atoms with Gasteiger partial charge in [0.05, 0.1) is 46.2 Å². The predicted molar refractivity (Wildman–Crippen MR) is 230 cm³/mol. The molecule has 1 fully saturated rings. The van der Waals surface area contributed by atoms with Gasteiger partial charge in [0.2, 0.25) is 0 Å². The summed E-state index contributed by atoms with van der Waals surface area (Å²) in [4.78, 5) is 25.0. The van der Waals surface area contributed by atoms with Gasteiger partial charge in [0, 0.05) is 6.42 Å². The van der Waals surface area contributed by atoms with Crippen LogP contribution in [0.15, 0.2) is 60.9 Å². The summed E-state index contributed by atoms with van der Waals surface area (Å²) in [5.74, 6) is -0.416. The van der Waals surface area contributed by atoms with Gasteiger partial charge in [-0.2, -0.15) is 0 Å². The number of quaternary nitrogens is 1. The van der Waals surface area contributed by atoms with Crippen LogP contribution in [-0.4, -0.2) is 76.3 Å². The Kier molecular flexibility index (Phi) is 32.5. The number of allylic oxidation sites excluding steroid dienone is 8. The van der Waals surface area contributed by atoms with Crippen molar-refractivity contribution in [2.45, 2.75) is 180 Å². The summed E-state index contributed by atoms with van der Waals surface area (Å²) in [6.07, 6.45) is 46.7. The molecule has 0 N–H and O–H groups in total. The minimum Gasteiger partial charge on any atom is -0.756 e. The molecule has 1 heterocycles. The summed E-state index contributed by atoms with van der Waals surface area (Å²) in [6.45, 7) is 4.56. The number of carbonyl (C=O) groups excluding carboxylic acids is 1. The minimum atomic E-state index is -4.56. The molecule has 10 heteroatoms. The monoisotopic (exact) mass is 808 g/mol. The number of unbranched alkanes of at least 4 members (excludes halogenated alkanes) is 15. The molecule has 0 aromatic carbocycles. The predicted octanol–water partition coefficient (Wildman–Crippen LogP) is 11.6. The van der Waals surface area contributed by atoms with Crippen LogP contribution in [0.3, 0.4) is 0 Å². The summed E-state index contributed by atoms with van der Waals surface area (Å²) >= 11 is 0. The Morgan fingerprint density at radius 3 is 1.77 bits per heavy atom. The molecule has 0 aromatic rings. The molecule has 0 spiro atoms. The highest BCUT2D eigenvalue weighted by atomic mass is 31.2. The topological polar surface area (TPSA) is 107 Å². The lowest BCUT2D eigenvalue weighted by molar-refractivity contribution is -0.870. The molecule has 0 radical (unpaired) electrons. The van der Waals surface area contributed by atoms with Crippen molar-refractivity contribution in [3.8, 4) is 0 Å². The molecule has 1 aliphatic heterocycles. The van der Waals surface area contributed by atoms with E-state index in [0.717, 1.165) is 51.4 Å². The molecule has 324 valence electrons. The second-order valence-corrected chi connectivity index (χ2v) is 17.5. The van der Waals surface area contributed by atoms with E-state index in [-0.39, 0.29) is 26.2 Å². The van der Waals surface area contributed by atoms with Crippen molar-refractivity contribution in [2.75, 3.05) is 47.5 Å². The Morgan fingerprint density at radius 2 is 1.21 bits per heavy atom. The van der Waals surface area contributed by atoms with E-state index in [0.29, 0.717) is 29.7 Å². The van der Waals surface area contributed by atoms with Crippen LogP contribution >= 0.6 is 7.82 Å². The van der Waals surface area contributed by atoms with Crippen molar-refractivity contribution < 1.29 is 42.0 Å². The Bertz CT molecular complexity index is 1140. The first kappa shape index (κ1) is 52.0. The normalized spacial score (nSPS) is 17.9. The Balaban J connectivity index is 2.27. The third kappa shape index (κ3) is 35.2. The number of hydrogen-bond acceptors (Lipinski definition) is 8. The molecular formula is C46H82NO8P. The molecule has 0 saturated carbocycles. The average Bonchev–Trinajstić information content (AvgIpc) is 3.92. The van der Waals surface area contributed by atoms with Crippen LogP contribution < -0.4 is 4.89 Å². The molecule has 0 amide bonds. The molecule has 1 saturated heterocycles. The highest BCUT2D eigenvalue weighted by Crippen LogP contribution is 2.38. The van der Waals surface area contributed by atoms with Crippen molar-refractivity contribution in [3.63, 3.8) is 0 Å². The van der Waals surface area contributed by atoms with Gasteiger partial charge < -0.3 is 32.6 Å². The fourth-order valence-corrected chi connectivity index (χ4v) is 6.75. The molecule has 0 aliphatic carbocycles. The van der Waals surface area contributed by atoms with Gasteiger partial charge in [0.25, 0.3) is 7.82 Å². The van der Waals surface area contributed by atoms with Crippen molar-refractivity contribution >= 4 is 13.8 Å². The standard InChI is InChI=1S/C46H82NO8P/c1-6-8-9-10-11-12-13-14-15-16-20-23-26-29-32-35-39-51-41-43(42-53-56(49,50)52-40-38-47(3,4)5)54-46(48)37-34-31-28-25-22-19-17-18-21-24-27-30-33-36-45-44(7-2)55-45/h17,19,21,24-25,28,30,33,35,39,43-45H,6-16,18,20,22-23,26-27,29,31-32,34,36-38,40-42H2,1-5H3/b19-17-,24-21-,28-25-,33-30-,39-35-. The number of esters is 1. The van der Waals surface area contributed by atoms with Gasteiger partial charge in [-0.05, 0) is 63.9 Å². The third-order valence-electron chi connectivity index (χ3n) is 9.62. The number of carbonyl (C=O) groups is 1. The molecule has 0 bridgehead atoms. The van der Waals surface area contributed by atoms with Crippen LogP contribution in [0.2, 0.25) is 0 Å². The van der Waals surface area contributed by atoms with Crippen molar-refractivity contribution in [1.29, 1.82) is 0 Å². The zero-order valence-corrected chi connectivity index (χ0v) is 37.2. The van der Waals surface area contributed by atoms with Gasteiger partial charge in [-0.25, -0.2) is 0 Å². The van der Waals surface area contributed by atoms with Gasteiger partial charge in [-0.3, -0.25) is 9.36 Å². The van der Waals surface area contributed by atoms with Crippen LogP contribution in [0, 0.1) is 0 Å². The van der Waals surface area contributed by atoms with Crippen LogP contribution in [0.5, 0.6) is 0 Å². The van der Waals surface area contributed by atoms with Crippen molar-refractivity contribution in [2.24, 2.45) is 0 Å². The lowest BCUT2D eigenvalue weighted by atomic mass is 10.0. The van der Waals surface area contributed by atoms with Gasteiger partial charge >= 0.3 is 5.97 Å². The summed E-state index contributed by atoms with van der Waals surface area (Å²) in [5, 5.41) is 0. The fraction of sp³-hybridized carbons (Fsp3) is 0.761. The molecule has 4 unspecified atom stereocenters. The van der Waals surface area contributed by atoms with E-state index in [2.05, 4.69) is 62.5 Å². The highest BCUT2D eigenvalue weighted by Gasteiger charge is 2.35. The van der Waals surface area contributed by atoms with Gasteiger partial charge in [0.15, 0.2) is 6.10 Å². The quantitative estimate of drug-likeness (QED) is 0.0115. The van der Waals surface area contributed by atoms with E-state index in [4.69, 9.17) is 23.3 Å². The first-order valence-corrected chi connectivity index (χ1v) is 23.6. The lowest BCUT2D eigenvalue weighted by Crippen LogP contribution is -2.37. The SMILES string of the molecule is CCCCCCCCCCCCCCCC/C=C\OCC(COP(=O)([O-])OCC[N+](C)(C)C)OC(=O)CCC/C=C\C/C=C\C/C=C\C/C=C\CC1OC1CC. The van der Waals surface area contributed by atoms with E-state index < -0.39 is 19.9 Å². The smallest absolute Gasteiger partial charge is 0.306 e. The van der Waals surface area contributed by atoms with Crippen molar-refractivity contribution in [1.82, 2.24) is 0 Å². The number of rotatable bonds is 39. The number of ether oxygens (including phenoxy) is 3. The van der Waals surface area contributed by atoms with Gasteiger partial charge in [-0.15, -0.1) is 0 Å².